The fourth-order valence-corrected chi connectivity index (χ4v) is 2.73. The normalized spacial score (nSPS) is 20.8. The molecule has 2 N–H and O–H groups in total. The number of alkyl carbamates (subject to hydrolysis) is 1. The average molecular weight is 274 g/mol. The summed E-state index contributed by atoms with van der Waals surface area (Å²) in [5.41, 5.74) is 3.94. The van der Waals surface area contributed by atoms with Crippen molar-refractivity contribution in [3.63, 3.8) is 0 Å². The molecule has 3 rings (SSSR count). The molecule has 1 aliphatic heterocycles. The third kappa shape index (κ3) is 2.76. The van der Waals surface area contributed by atoms with Gasteiger partial charge < -0.3 is 15.4 Å². The van der Waals surface area contributed by atoms with Gasteiger partial charge in [0.25, 0.3) is 0 Å². The van der Waals surface area contributed by atoms with Crippen molar-refractivity contribution in [1.82, 2.24) is 10.6 Å². The Bertz CT molecular complexity index is 542. The minimum atomic E-state index is -0.569. The van der Waals surface area contributed by atoms with Gasteiger partial charge in [-0.1, -0.05) is 18.2 Å². The molecule has 20 heavy (non-hydrogen) atoms. The van der Waals surface area contributed by atoms with Crippen molar-refractivity contribution in [2.24, 2.45) is 0 Å². The summed E-state index contributed by atoms with van der Waals surface area (Å²) in [6, 6.07) is 5.84. The number of hydrogen-bond donors (Lipinski definition) is 2. The molecular weight excluding hydrogens is 256 g/mol. The fraction of sp³-hybridized carbons (Fsp3) is 0.467. The monoisotopic (exact) mass is 274 g/mol. The number of aryl methyl sites for hydroxylation is 2. The zero-order chi connectivity index (χ0) is 13.9. The van der Waals surface area contributed by atoms with E-state index in [2.05, 4.69) is 28.8 Å². The Morgan fingerprint density at radius 3 is 2.85 bits per heavy atom. The number of rotatable bonds is 3. The Kier molecular flexibility index (Phi) is 3.58. The molecule has 1 heterocycles. The van der Waals surface area contributed by atoms with Gasteiger partial charge in [-0.25, -0.2) is 4.79 Å². The van der Waals surface area contributed by atoms with Gasteiger partial charge in [-0.15, -0.1) is 0 Å². The first-order chi connectivity index (χ1) is 9.72. The second-order valence-electron chi connectivity index (χ2n) is 5.32. The van der Waals surface area contributed by atoms with Gasteiger partial charge in [-0.2, -0.15) is 0 Å². The van der Waals surface area contributed by atoms with Gasteiger partial charge >= 0.3 is 6.09 Å². The summed E-state index contributed by atoms with van der Waals surface area (Å²) in [5, 5.41) is 5.30. The van der Waals surface area contributed by atoms with E-state index in [1.165, 1.54) is 24.0 Å². The minimum Gasteiger partial charge on any atom is -0.447 e. The van der Waals surface area contributed by atoms with Crippen LogP contribution in [0.2, 0.25) is 0 Å². The Morgan fingerprint density at radius 1 is 1.30 bits per heavy atom. The highest BCUT2D eigenvalue weighted by Crippen LogP contribution is 2.22. The number of fused-ring (bicyclic) bond motifs is 1. The molecule has 1 aromatic carbocycles. The Balaban J connectivity index is 1.58. The highest BCUT2D eigenvalue weighted by Gasteiger charge is 2.28. The lowest BCUT2D eigenvalue weighted by molar-refractivity contribution is -0.122. The zero-order valence-corrected chi connectivity index (χ0v) is 11.3. The number of carbonyl (C=O) groups is 2. The second-order valence-corrected chi connectivity index (χ2v) is 5.32. The average Bonchev–Trinajstić information content (AvgIpc) is 2.91. The standard InChI is InChI=1S/C15H18N2O3/c18-14(13-9-20-15(19)17-13)16-8-10-5-6-11-3-1-2-4-12(11)7-10/h5-7,13H,1-4,8-9H2,(H,16,18)(H,17,19)/t13-/m0/s1. The molecule has 0 unspecified atom stereocenters. The van der Waals surface area contributed by atoms with Crippen LogP contribution in [0.15, 0.2) is 18.2 Å². The van der Waals surface area contributed by atoms with E-state index >= 15 is 0 Å². The van der Waals surface area contributed by atoms with Crippen molar-refractivity contribution in [3.8, 4) is 0 Å². The van der Waals surface area contributed by atoms with Crippen LogP contribution < -0.4 is 10.6 Å². The molecule has 1 saturated heterocycles. The lowest BCUT2D eigenvalue weighted by Crippen LogP contribution is -2.42. The predicted octanol–water partition coefficient (Wildman–Crippen LogP) is 1.29. The van der Waals surface area contributed by atoms with Crippen LogP contribution in [0.4, 0.5) is 4.79 Å². The van der Waals surface area contributed by atoms with Crippen LogP contribution in [0.5, 0.6) is 0 Å². The van der Waals surface area contributed by atoms with Gasteiger partial charge in [0.1, 0.15) is 12.6 Å². The summed E-state index contributed by atoms with van der Waals surface area (Å²) in [4.78, 5) is 22.7. The van der Waals surface area contributed by atoms with Crippen molar-refractivity contribution in [3.05, 3.63) is 34.9 Å². The van der Waals surface area contributed by atoms with Crippen LogP contribution in [0.25, 0.3) is 0 Å². The highest BCUT2D eigenvalue weighted by atomic mass is 16.6. The quantitative estimate of drug-likeness (QED) is 0.872. The van der Waals surface area contributed by atoms with Gasteiger partial charge in [-0.3, -0.25) is 4.79 Å². The van der Waals surface area contributed by atoms with Gasteiger partial charge in [-0.05, 0) is 42.4 Å². The first-order valence-corrected chi connectivity index (χ1v) is 7.04. The number of carbonyl (C=O) groups excluding carboxylic acids is 2. The van der Waals surface area contributed by atoms with Crippen molar-refractivity contribution < 1.29 is 14.3 Å². The molecule has 0 radical (unpaired) electrons. The molecule has 1 fully saturated rings. The molecule has 0 saturated carbocycles. The Morgan fingerprint density at radius 2 is 2.10 bits per heavy atom. The molecule has 5 nitrogen and oxygen atoms in total. The molecule has 0 aromatic heterocycles. The number of nitrogens with one attached hydrogen (secondary N) is 2. The molecular formula is C15H18N2O3. The minimum absolute atomic E-state index is 0.106. The number of ether oxygens (including phenoxy) is 1. The summed E-state index contributed by atoms with van der Waals surface area (Å²) in [5.74, 6) is -0.200. The molecule has 5 heteroatoms. The molecule has 1 aliphatic carbocycles. The van der Waals surface area contributed by atoms with E-state index in [4.69, 9.17) is 4.74 Å². The predicted molar refractivity (Wildman–Crippen MR) is 73.2 cm³/mol. The van der Waals surface area contributed by atoms with E-state index in [1.807, 2.05) is 0 Å². The zero-order valence-electron chi connectivity index (χ0n) is 11.3. The van der Waals surface area contributed by atoms with Crippen molar-refractivity contribution in [1.29, 1.82) is 0 Å². The number of benzene rings is 1. The summed E-state index contributed by atoms with van der Waals surface area (Å²) in [6.45, 7) is 0.591. The molecule has 0 bridgehead atoms. The van der Waals surface area contributed by atoms with Gasteiger partial charge in [0.2, 0.25) is 5.91 Å². The van der Waals surface area contributed by atoms with E-state index in [0.29, 0.717) is 6.54 Å². The topological polar surface area (TPSA) is 67.4 Å². The van der Waals surface area contributed by atoms with Gasteiger partial charge in [0, 0.05) is 6.54 Å². The third-order valence-corrected chi connectivity index (χ3v) is 3.87. The smallest absolute Gasteiger partial charge is 0.407 e. The largest absolute Gasteiger partial charge is 0.447 e. The van der Waals surface area contributed by atoms with Crippen LogP contribution in [-0.4, -0.2) is 24.6 Å². The highest BCUT2D eigenvalue weighted by molar-refractivity contribution is 5.87. The van der Waals surface area contributed by atoms with E-state index < -0.39 is 12.1 Å². The maximum Gasteiger partial charge on any atom is 0.407 e. The molecule has 1 atom stereocenters. The third-order valence-electron chi connectivity index (χ3n) is 3.87. The SMILES string of the molecule is O=C1N[C@H](C(=O)NCc2ccc3c(c2)CCCC3)CO1. The Hall–Kier alpha value is -2.04. The first kappa shape index (κ1) is 13.0. The van der Waals surface area contributed by atoms with Crippen LogP contribution in [0, 0.1) is 0 Å². The molecule has 1 aromatic rings. The van der Waals surface area contributed by atoms with Crippen LogP contribution in [0.3, 0.4) is 0 Å². The summed E-state index contributed by atoms with van der Waals surface area (Å²) in [7, 11) is 0. The number of hydrogen-bond acceptors (Lipinski definition) is 3. The van der Waals surface area contributed by atoms with Crippen LogP contribution >= 0.6 is 0 Å². The molecule has 2 aliphatic rings. The van der Waals surface area contributed by atoms with Crippen molar-refractivity contribution >= 4 is 12.0 Å². The van der Waals surface area contributed by atoms with Crippen LogP contribution in [-0.2, 0) is 28.9 Å². The van der Waals surface area contributed by atoms with E-state index in [9.17, 15) is 9.59 Å². The van der Waals surface area contributed by atoms with Gasteiger partial charge in [0.15, 0.2) is 0 Å². The Labute approximate surface area is 117 Å². The van der Waals surface area contributed by atoms with Crippen molar-refractivity contribution in [2.45, 2.75) is 38.3 Å². The van der Waals surface area contributed by atoms with E-state index in [-0.39, 0.29) is 12.5 Å². The number of amides is 2. The second kappa shape index (κ2) is 5.53. The molecule has 0 spiro atoms. The maximum absolute atomic E-state index is 11.8. The first-order valence-electron chi connectivity index (χ1n) is 7.04. The van der Waals surface area contributed by atoms with E-state index in [0.717, 1.165) is 18.4 Å². The molecule has 2 amide bonds. The fourth-order valence-electron chi connectivity index (χ4n) is 2.73. The summed E-state index contributed by atoms with van der Waals surface area (Å²) < 4.78 is 4.70. The van der Waals surface area contributed by atoms with Crippen molar-refractivity contribution in [2.75, 3.05) is 6.61 Å². The molecule has 106 valence electrons. The lowest BCUT2D eigenvalue weighted by Gasteiger charge is -2.17. The van der Waals surface area contributed by atoms with Gasteiger partial charge in [0.05, 0.1) is 0 Å². The summed E-state index contributed by atoms with van der Waals surface area (Å²) >= 11 is 0. The number of cyclic esters (lactones) is 1. The lowest BCUT2D eigenvalue weighted by atomic mass is 9.90. The maximum atomic E-state index is 11.8. The summed E-state index contributed by atoms with van der Waals surface area (Å²) in [6.07, 6.45) is 4.27. The van der Waals surface area contributed by atoms with Crippen LogP contribution in [0.1, 0.15) is 29.5 Å². The van der Waals surface area contributed by atoms with E-state index in [1.54, 1.807) is 0 Å².